The number of nitrogens with zero attached hydrogens (tertiary/aromatic N) is 1. The van der Waals surface area contributed by atoms with Crippen LogP contribution < -0.4 is 5.32 Å². The SMILES string of the molecule is CCNC(CSc1cccc(F)c1)c1ccc(C)nc1. The minimum absolute atomic E-state index is 0.188. The molecule has 1 heterocycles. The maximum Gasteiger partial charge on any atom is 0.124 e. The summed E-state index contributed by atoms with van der Waals surface area (Å²) in [7, 11) is 0. The maximum absolute atomic E-state index is 13.2. The van der Waals surface area contributed by atoms with Gasteiger partial charge in [-0.15, -0.1) is 11.8 Å². The highest BCUT2D eigenvalue weighted by Crippen LogP contribution is 2.25. The van der Waals surface area contributed by atoms with Gasteiger partial charge in [0.1, 0.15) is 5.82 Å². The van der Waals surface area contributed by atoms with Crippen LogP contribution in [-0.2, 0) is 0 Å². The molecule has 1 aromatic heterocycles. The first-order chi connectivity index (χ1) is 9.69. The Morgan fingerprint density at radius 2 is 2.15 bits per heavy atom. The molecule has 106 valence electrons. The van der Waals surface area contributed by atoms with Crippen molar-refractivity contribution in [3.05, 3.63) is 59.7 Å². The summed E-state index contributed by atoms with van der Waals surface area (Å²) in [6.45, 7) is 4.96. The Morgan fingerprint density at radius 1 is 1.30 bits per heavy atom. The Morgan fingerprint density at radius 3 is 2.80 bits per heavy atom. The lowest BCUT2D eigenvalue weighted by atomic mass is 10.1. The summed E-state index contributed by atoms with van der Waals surface area (Å²) < 4.78 is 13.2. The van der Waals surface area contributed by atoms with Crippen molar-refractivity contribution in [3.63, 3.8) is 0 Å². The van der Waals surface area contributed by atoms with Gasteiger partial charge in [0.2, 0.25) is 0 Å². The van der Waals surface area contributed by atoms with Crippen molar-refractivity contribution in [2.75, 3.05) is 12.3 Å². The van der Waals surface area contributed by atoms with Gasteiger partial charge in [-0.05, 0) is 43.3 Å². The molecule has 0 spiro atoms. The normalized spacial score (nSPS) is 12.3. The van der Waals surface area contributed by atoms with Gasteiger partial charge < -0.3 is 5.32 Å². The molecule has 0 aliphatic carbocycles. The third-order valence-corrected chi connectivity index (χ3v) is 4.09. The monoisotopic (exact) mass is 290 g/mol. The fourth-order valence-electron chi connectivity index (χ4n) is 1.94. The molecule has 1 N–H and O–H groups in total. The molecule has 0 saturated heterocycles. The number of hydrogen-bond donors (Lipinski definition) is 1. The van der Waals surface area contributed by atoms with Crippen molar-refractivity contribution in [1.82, 2.24) is 10.3 Å². The topological polar surface area (TPSA) is 24.9 Å². The summed E-state index contributed by atoms with van der Waals surface area (Å²) in [5, 5.41) is 3.45. The van der Waals surface area contributed by atoms with E-state index in [-0.39, 0.29) is 11.9 Å². The van der Waals surface area contributed by atoms with Gasteiger partial charge in [-0.2, -0.15) is 0 Å². The van der Waals surface area contributed by atoms with Gasteiger partial charge >= 0.3 is 0 Å². The van der Waals surface area contributed by atoms with Crippen molar-refractivity contribution < 1.29 is 4.39 Å². The van der Waals surface area contributed by atoms with Crippen LogP contribution in [0.1, 0.15) is 24.2 Å². The third kappa shape index (κ3) is 4.32. The van der Waals surface area contributed by atoms with Crippen molar-refractivity contribution in [2.24, 2.45) is 0 Å². The second-order valence-corrected chi connectivity index (χ2v) is 5.70. The van der Waals surface area contributed by atoms with E-state index < -0.39 is 0 Å². The van der Waals surface area contributed by atoms with Crippen molar-refractivity contribution in [1.29, 1.82) is 0 Å². The van der Waals surface area contributed by atoms with Gasteiger partial charge in [0.15, 0.2) is 0 Å². The molecular weight excluding hydrogens is 271 g/mol. The molecule has 0 radical (unpaired) electrons. The number of nitrogens with one attached hydrogen (secondary N) is 1. The average molecular weight is 290 g/mol. The molecule has 2 aromatic rings. The standard InChI is InChI=1S/C16H19FN2S/c1-3-18-16(13-8-7-12(2)19-10-13)11-20-15-6-4-5-14(17)9-15/h4-10,16,18H,3,11H2,1-2H3. The molecule has 2 rings (SSSR count). The van der Waals surface area contributed by atoms with Crippen molar-refractivity contribution in [2.45, 2.75) is 24.8 Å². The minimum atomic E-state index is -0.188. The number of rotatable bonds is 6. The number of aromatic nitrogens is 1. The lowest BCUT2D eigenvalue weighted by Crippen LogP contribution is -2.23. The fraction of sp³-hybridized carbons (Fsp3) is 0.312. The van der Waals surface area contributed by atoms with E-state index in [9.17, 15) is 4.39 Å². The van der Waals surface area contributed by atoms with Crippen molar-refractivity contribution in [3.8, 4) is 0 Å². The van der Waals surface area contributed by atoms with Crippen LogP contribution in [0.2, 0.25) is 0 Å². The summed E-state index contributed by atoms with van der Waals surface area (Å²) in [5.41, 5.74) is 2.18. The van der Waals surface area contributed by atoms with E-state index in [1.807, 2.05) is 25.3 Å². The predicted molar refractivity (Wildman–Crippen MR) is 82.5 cm³/mol. The zero-order chi connectivity index (χ0) is 14.4. The highest BCUT2D eigenvalue weighted by Gasteiger charge is 2.11. The fourth-order valence-corrected chi connectivity index (χ4v) is 2.98. The van der Waals surface area contributed by atoms with Gasteiger partial charge in [-0.3, -0.25) is 4.98 Å². The highest BCUT2D eigenvalue weighted by atomic mass is 32.2. The second-order valence-electron chi connectivity index (χ2n) is 4.61. The van der Waals surface area contributed by atoms with E-state index in [2.05, 4.69) is 23.3 Å². The summed E-state index contributed by atoms with van der Waals surface area (Å²) in [4.78, 5) is 5.29. The van der Waals surface area contributed by atoms with E-state index in [1.54, 1.807) is 23.9 Å². The molecule has 1 unspecified atom stereocenters. The molecule has 1 aromatic carbocycles. The molecule has 0 amide bonds. The van der Waals surface area contributed by atoms with E-state index in [4.69, 9.17) is 0 Å². The summed E-state index contributed by atoms with van der Waals surface area (Å²) in [6, 6.07) is 11.1. The zero-order valence-electron chi connectivity index (χ0n) is 11.8. The Bertz CT molecular complexity index is 542. The highest BCUT2D eigenvalue weighted by molar-refractivity contribution is 7.99. The number of pyridine rings is 1. The largest absolute Gasteiger partial charge is 0.309 e. The van der Waals surface area contributed by atoms with Crippen LogP contribution in [0.4, 0.5) is 4.39 Å². The lowest BCUT2D eigenvalue weighted by molar-refractivity contribution is 0.603. The third-order valence-electron chi connectivity index (χ3n) is 3.00. The number of hydrogen-bond acceptors (Lipinski definition) is 3. The van der Waals surface area contributed by atoms with Crippen LogP contribution in [0.15, 0.2) is 47.5 Å². The number of thioether (sulfide) groups is 1. The molecule has 0 saturated carbocycles. The molecular formula is C16H19FN2S. The molecule has 0 aliphatic heterocycles. The zero-order valence-corrected chi connectivity index (χ0v) is 12.6. The van der Waals surface area contributed by atoms with Gasteiger partial charge in [-0.1, -0.05) is 19.1 Å². The lowest BCUT2D eigenvalue weighted by Gasteiger charge is -2.17. The molecule has 2 nitrogen and oxygen atoms in total. The minimum Gasteiger partial charge on any atom is -0.309 e. The first kappa shape index (κ1) is 15.0. The number of halogens is 1. The van der Waals surface area contributed by atoms with Crippen LogP contribution in [0.3, 0.4) is 0 Å². The summed E-state index contributed by atoms with van der Waals surface area (Å²) in [5.74, 6) is 0.661. The Hall–Kier alpha value is -1.39. The quantitative estimate of drug-likeness (QED) is 0.815. The molecule has 0 aliphatic rings. The van der Waals surface area contributed by atoms with E-state index in [1.165, 1.54) is 11.6 Å². The van der Waals surface area contributed by atoms with Gasteiger partial charge in [0, 0.05) is 28.6 Å². The van der Waals surface area contributed by atoms with Crippen LogP contribution in [0.5, 0.6) is 0 Å². The Balaban J connectivity index is 2.04. The Kier molecular flexibility index (Phi) is 5.56. The Labute approximate surface area is 123 Å². The van der Waals surface area contributed by atoms with Crippen LogP contribution >= 0.6 is 11.8 Å². The summed E-state index contributed by atoms with van der Waals surface area (Å²) in [6.07, 6.45) is 1.91. The predicted octanol–water partition coefficient (Wildman–Crippen LogP) is 3.97. The summed E-state index contributed by atoms with van der Waals surface area (Å²) >= 11 is 1.65. The van der Waals surface area contributed by atoms with E-state index in [0.29, 0.717) is 0 Å². The average Bonchev–Trinajstić information content (AvgIpc) is 2.44. The van der Waals surface area contributed by atoms with Crippen LogP contribution in [-0.4, -0.2) is 17.3 Å². The first-order valence-corrected chi connectivity index (χ1v) is 7.72. The maximum atomic E-state index is 13.2. The second kappa shape index (κ2) is 7.41. The van der Waals surface area contributed by atoms with Crippen molar-refractivity contribution >= 4 is 11.8 Å². The molecule has 1 atom stereocenters. The van der Waals surface area contributed by atoms with Crippen LogP contribution in [0, 0.1) is 12.7 Å². The number of aryl methyl sites for hydroxylation is 1. The van der Waals surface area contributed by atoms with E-state index in [0.717, 1.165) is 22.9 Å². The number of benzene rings is 1. The molecule has 4 heteroatoms. The van der Waals surface area contributed by atoms with E-state index >= 15 is 0 Å². The van der Waals surface area contributed by atoms with Gasteiger partial charge in [-0.25, -0.2) is 4.39 Å². The molecule has 0 bridgehead atoms. The molecule has 0 fully saturated rings. The van der Waals surface area contributed by atoms with Crippen LogP contribution in [0.25, 0.3) is 0 Å². The smallest absolute Gasteiger partial charge is 0.124 e. The van der Waals surface area contributed by atoms with Gasteiger partial charge in [0.25, 0.3) is 0 Å². The molecule has 20 heavy (non-hydrogen) atoms. The van der Waals surface area contributed by atoms with Gasteiger partial charge in [0.05, 0.1) is 0 Å². The first-order valence-electron chi connectivity index (χ1n) is 6.73.